The highest BCUT2D eigenvalue weighted by Gasteiger charge is 2.04. The van der Waals surface area contributed by atoms with E-state index in [1.165, 1.54) is 0 Å². The molecule has 0 unspecified atom stereocenters. The van der Waals surface area contributed by atoms with Gasteiger partial charge in [0.05, 0.1) is 6.54 Å². The number of carbonyl (C=O) groups is 1. The van der Waals surface area contributed by atoms with Crippen molar-refractivity contribution in [1.82, 2.24) is 14.7 Å². The summed E-state index contributed by atoms with van der Waals surface area (Å²) in [6.07, 6.45) is 0. The van der Waals surface area contributed by atoms with E-state index in [2.05, 4.69) is 35.8 Å². The molecule has 0 aliphatic rings. The van der Waals surface area contributed by atoms with Gasteiger partial charge < -0.3 is 9.80 Å². The summed E-state index contributed by atoms with van der Waals surface area (Å²) in [5, 5.41) is 0. The maximum absolute atomic E-state index is 10.9. The lowest BCUT2D eigenvalue weighted by molar-refractivity contribution is -0.117. The average molecular weight is 215 g/mol. The van der Waals surface area contributed by atoms with Gasteiger partial charge in [-0.3, -0.25) is 9.69 Å². The largest absolute Gasteiger partial charge is 0.308 e. The van der Waals surface area contributed by atoms with E-state index >= 15 is 0 Å². The molecule has 0 fully saturated rings. The van der Waals surface area contributed by atoms with Gasteiger partial charge in [0.15, 0.2) is 0 Å². The Labute approximate surface area is 93.8 Å². The van der Waals surface area contributed by atoms with Crippen LogP contribution in [0.25, 0.3) is 0 Å². The number of nitrogens with zero attached hydrogens (tertiary/aromatic N) is 3. The van der Waals surface area contributed by atoms with Gasteiger partial charge in [-0.05, 0) is 35.1 Å². The molecule has 0 aliphatic heterocycles. The van der Waals surface area contributed by atoms with Crippen LogP contribution in [0, 0.1) is 0 Å². The van der Waals surface area contributed by atoms with Crippen LogP contribution in [0.5, 0.6) is 0 Å². The highest BCUT2D eigenvalue weighted by atomic mass is 16.1. The molecular weight excluding hydrogens is 190 g/mol. The first-order valence-corrected chi connectivity index (χ1v) is 5.43. The van der Waals surface area contributed by atoms with Gasteiger partial charge in [0.2, 0.25) is 0 Å². The molecule has 0 rings (SSSR count). The molecule has 0 amide bonds. The van der Waals surface area contributed by atoms with E-state index in [4.69, 9.17) is 0 Å². The summed E-state index contributed by atoms with van der Waals surface area (Å²) in [5.41, 5.74) is 0. The lowest BCUT2D eigenvalue weighted by Crippen LogP contribution is -2.36. The van der Waals surface area contributed by atoms with Crippen molar-refractivity contribution in [3.8, 4) is 0 Å². The van der Waals surface area contributed by atoms with Crippen LogP contribution in [-0.4, -0.2) is 81.4 Å². The highest BCUT2D eigenvalue weighted by molar-refractivity contribution is 5.77. The van der Waals surface area contributed by atoms with E-state index in [0.717, 1.165) is 26.2 Å². The molecule has 4 nitrogen and oxygen atoms in total. The monoisotopic (exact) mass is 215 g/mol. The molecule has 15 heavy (non-hydrogen) atoms. The topological polar surface area (TPSA) is 26.8 Å². The lowest BCUT2D eigenvalue weighted by Gasteiger charge is -2.22. The average Bonchev–Trinajstić information content (AvgIpc) is 2.10. The smallest absolute Gasteiger partial charge is 0.143 e. The van der Waals surface area contributed by atoms with Gasteiger partial charge >= 0.3 is 0 Å². The van der Waals surface area contributed by atoms with Crippen molar-refractivity contribution in [2.24, 2.45) is 0 Å². The van der Waals surface area contributed by atoms with Gasteiger partial charge in [0.1, 0.15) is 5.78 Å². The SMILES string of the molecule is CC(=O)CN(C)CCN(C)CCN(C)C. The molecule has 0 aromatic rings. The van der Waals surface area contributed by atoms with E-state index < -0.39 is 0 Å². The van der Waals surface area contributed by atoms with Gasteiger partial charge in [0, 0.05) is 26.2 Å². The van der Waals surface area contributed by atoms with Crippen molar-refractivity contribution >= 4 is 5.78 Å². The number of likely N-dealkylation sites (N-methyl/N-ethyl adjacent to an activating group) is 3. The van der Waals surface area contributed by atoms with Crippen LogP contribution in [0.3, 0.4) is 0 Å². The molecule has 0 atom stereocenters. The van der Waals surface area contributed by atoms with E-state index in [-0.39, 0.29) is 5.78 Å². The second kappa shape index (κ2) is 7.79. The molecule has 0 radical (unpaired) electrons. The second-order valence-electron chi connectivity index (χ2n) is 4.55. The maximum Gasteiger partial charge on any atom is 0.143 e. The molecule has 0 saturated heterocycles. The van der Waals surface area contributed by atoms with E-state index in [0.29, 0.717) is 6.54 Å². The van der Waals surface area contributed by atoms with Crippen LogP contribution >= 0.6 is 0 Å². The fourth-order valence-electron chi connectivity index (χ4n) is 1.28. The van der Waals surface area contributed by atoms with Crippen LogP contribution in [-0.2, 0) is 4.79 Å². The number of hydrogen-bond acceptors (Lipinski definition) is 4. The molecule has 0 aromatic carbocycles. The van der Waals surface area contributed by atoms with Crippen LogP contribution in [0.15, 0.2) is 0 Å². The Morgan fingerprint density at radius 1 is 0.867 bits per heavy atom. The van der Waals surface area contributed by atoms with E-state index in [1.807, 2.05) is 7.05 Å². The van der Waals surface area contributed by atoms with E-state index in [9.17, 15) is 4.79 Å². The van der Waals surface area contributed by atoms with Crippen molar-refractivity contribution < 1.29 is 4.79 Å². The number of Topliss-reactive ketones (excluding diaryl/α,β-unsaturated/α-hetero) is 1. The minimum absolute atomic E-state index is 0.230. The summed E-state index contributed by atoms with van der Waals surface area (Å²) in [7, 11) is 8.26. The predicted molar refractivity (Wildman–Crippen MR) is 64.2 cm³/mol. The van der Waals surface area contributed by atoms with Crippen molar-refractivity contribution in [3.63, 3.8) is 0 Å². The normalized spacial score (nSPS) is 11.7. The Balaban J connectivity index is 3.52. The summed E-state index contributed by atoms with van der Waals surface area (Å²) >= 11 is 0. The van der Waals surface area contributed by atoms with Crippen molar-refractivity contribution in [2.45, 2.75) is 6.92 Å². The Morgan fingerprint density at radius 2 is 1.33 bits per heavy atom. The van der Waals surface area contributed by atoms with Crippen LogP contribution in [0.2, 0.25) is 0 Å². The molecule has 90 valence electrons. The summed E-state index contributed by atoms with van der Waals surface area (Å²) in [6.45, 7) is 6.29. The second-order valence-corrected chi connectivity index (χ2v) is 4.55. The Morgan fingerprint density at radius 3 is 1.80 bits per heavy atom. The van der Waals surface area contributed by atoms with Gasteiger partial charge in [-0.1, -0.05) is 0 Å². The van der Waals surface area contributed by atoms with Crippen LogP contribution < -0.4 is 0 Å². The zero-order valence-electron chi connectivity index (χ0n) is 10.8. The first-order chi connectivity index (χ1) is 6.91. The minimum Gasteiger partial charge on any atom is -0.308 e. The standard InChI is InChI=1S/C11H25N3O/c1-11(15)10-14(5)9-8-13(4)7-6-12(2)3/h6-10H2,1-5H3. The fourth-order valence-corrected chi connectivity index (χ4v) is 1.28. The Hall–Kier alpha value is -0.450. The van der Waals surface area contributed by atoms with Gasteiger partial charge in [-0.15, -0.1) is 0 Å². The number of rotatable bonds is 8. The summed E-state index contributed by atoms with van der Waals surface area (Å²) < 4.78 is 0. The molecule has 0 heterocycles. The van der Waals surface area contributed by atoms with Crippen molar-refractivity contribution in [3.05, 3.63) is 0 Å². The zero-order valence-corrected chi connectivity index (χ0v) is 10.8. The maximum atomic E-state index is 10.9. The first-order valence-electron chi connectivity index (χ1n) is 5.43. The third kappa shape index (κ3) is 9.85. The Bertz CT molecular complexity index is 183. The van der Waals surface area contributed by atoms with Crippen LogP contribution in [0.4, 0.5) is 0 Å². The number of carbonyl (C=O) groups excluding carboxylic acids is 1. The molecule has 0 saturated carbocycles. The summed E-state index contributed by atoms with van der Waals surface area (Å²) in [4.78, 5) is 17.4. The molecule has 0 spiro atoms. The third-order valence-electron chi connectivity index (χ3n) is 2.28. The quantitative estimate of drug-likeness (QED) is 0.569. The number of ketones is 1. The van der Waals surface area contributed by atoms with Gasteiger partial charge in [-0.25, -0.2) is 0 Å². The molecule has 0 aromatic heterocycles. The van der Waals surface area contributed by atoms with Crippen LogP contribution in [0.1, 0.15) is 6.92 Å². The third-order valence-corrected chi connectivity index (χ3v) is 2.28. The van der Waals surface area contributed by atoms with E-state index in [1.54, 1.807) is 6.92 Å². The molecular formula is C11H25N3O. The lowest BCUT2D eigenvalue weighted by atomic mass is 10.4. The highest BCUT2D eigenvalue weighted by Crippen LogP contribution is 1.88. The van der Waals surface area contributed by atoms with Gasteiger partial charge in [-0.2, -0.15) is 0 Å². The van der Waals surface area contributed by atoms with Crippen molar-refractivity contribution in [2.75, 3.05) is 60.9 Å². The minimum atomic E-state index is 0.230. The molecule has 0 aliphatic carbocycles. The van der Waals surface area contributed by atoms with Gasteiger partial charge in [0.25, 0.3) is 0 Å². The Kier molecular flexibility index (Phi) is 7.56. The number of hydrogen-bond donors (Lipinski definition) is 0. The fraction of sp³-hybridized carbons (Fsp3) is 0.909. The summed E-state index contributed by atoms with van der Waals surface area (Å²) in [5.74, 6) is 0.230. The zero-order chi connectivity index (χ0) is 11.8. The predicted octanol–water partition coefficient (Wildman–Crippen LogP) is 0.000600. The molecule has 0 N–H and O–H groups in total. The summed E-state index contributed by atoms with van der Waals surface area (Å²) in [6, 6.07) is 0. The molecule has 4 heteroatoms. The molecule has 0 bridgehead atoms. The first kappa shape index (κ1) is 14.6. The van der Waals surface area contributed by atoms with Crippen molar-refractivity contribution in [1.29, 1.82) is 0 Å².